The fourth-order valence-corrected chi connectivity index (χ4v) is 4.04. The van der Waals surface area contributed by atoms with Gasteiger partial charge in [-0.1, -0.05) is 6.08 Å². The average molecular weight is 389 g/mol. The number of nitrogens with zero attached hydrogens (tertiary/aromatic N) is 5. The Morgan fingerprint density at radius 3 is 2.89 bits per heavy atom. The number of rotatable bonds is 4. The summed E-state index contributed by atoms with van der Waals surface area (Å²) in [6.45, 7) is 2.41. The highest BCUT2D eigenvalue weighted by molar-refractivity contribution is 7.89. The monoisotopic (exact) mass is 389 g/mol. The van der Waals surface area contributed by atoms with Gasteiger partial charge in [-0.25, -0.2) is 28.4 Å². The second kappa shape index (κ2) is 6.71. The van der Waals surface area contributed by atoms with Crippen LogP contribution in [0.2, 0.25) is 0 Å². The number of nitrogens with two attached hydrogens (primary N) is 1. The Morgan fingerprint density at radius 1 is 1.33 bits per heavy atom. The number of hydrogen-bond acceptors (Lipinski definition) is 7. The number of nitrogens with one attached hydrogen (secondary N) is 1. The molecule has 0 radical (unpaired) electrons. The number of aromatic nitrogens is 5. The highest BCUT2D eigenvalue weighted by Gasteiger charge is 2.23. The largest absolute Gasteiger partial charge is 0.382 e. The third-order valence-electron chi connectivity index (χ3n) is 4.54. The Kier molecular flexibility index (Phi) is 4.36. The summed E-state index contributed by atoms with van der Waals surface area (Å²) in [4.78, 5) is 20.7. The van der Waals surface area contributed by atoms with Crippen LogP contribution in [0.1, 0.15) is 21.9 Å². The Bertz CT molecular complexity index is 1110. The van der Waals surface area contributed by atoms with E-state index in [0.717, 1.165) is 11.1 Å². The van der Waals surface area contributed by atoms with Crippen LogP contribution in [-0.4, -0.2) is 56.5 Å². The van der Waals surface area contributed by atoms with E-state index in [1.165, 1.54) is 4.31 Å². The van der Waals surface area contributed by atoms with E-state index in [0.29, 0.717) is 42.4 Å². The van der Waals surface area contributed by atoms with E-state index in [1.54, 1.807) is 19.3 Å². The number of nitrogen functional groups attached to an aromatic ring is 1. The molecule has 27 heavy (non-hydrogen) atoms. The van der Waals surface area contributed by atoms with E-state index in [1.807, 2.05) is 18.2 Å². The van der Waals surface area contributed by atoms with E-state index in [4.69, 9.17) is 5.73 Å². The lowest BCUT2D eigenvalue weighted by Crippen LogP contribution is -2.35. The van der Waals surface area contributed by atoms with Gasteiger partial charge in [0.2, 0.25) is 10.0 Å². The predicted molar refractivity (Wildman–Crippen MR) is 107 cm³/mol. The van der Waals surface area contributed by atoms with Gasteiger partial charge in [-0.15, -0.1) is 0 Å². The van der Waals surface area contributed by atoms with Gasteiger partial charge in [0.05, 0.1) is 23.2 Å². The maximum absolute atomic E-state index is 12.0. The maximum Gasteiger partial charge on any atom is 0.214 e. The quantitative estimate of drug-likeness (QED) is 0.697. The van der Waals surface area contributed by atoms with Crippen molar-refractivity contribution in [3.05, 3.63) is 36.3 Å². The molecule has 4 heterocycles. The molecular formula is C17H23N7O2S. The number of sulfonamides is 1. The first-order valence-electron chi connectivity index (χ1n) is 8.59. The summed E-state index contributed by atoms with van der Waals surface area (Å²) < 4.78 is 25.5. The molecule has 0 aromatic carbocycles. The molecule has 3 aromatic rings. The van der Waals surface area contributed by atoms with E-state index in [-0.39, 0.29) is 14.4 Å². The van der Waals surface area contributed by atoms with Gasteiger partial charge in [-0.05, 0) is 31.1 Å². The maximum atomic E-state index is 12.0. The molecule has 144 valence electrons. The van der Waals surface area contributed by atoms with Gasteiger partial charge in [-0.2, -0.15) is 4.31 Å². The lowest BCUT2D eigenvalue weighted by atomic mass is 10.1. The van der Waals surface area contributed by atoms with Crippen molar-refractivity contribution in [1.29, 1.82) is 0 Å². The summed E-state index contributed by atoms with van der Waals surface area (Å²) in [7, 11) is -3.19. The molecule has 0 spiro atoms. The minimum atomic E-state index is -3.19. The minimum Gasteiger partial charge on any atom is -0.382 e. The second-order valence-corrected chi connectivity index (χ2v) is 8.44. The van der Waals surface area contributed by atoms with Crippen molar-refractivity contribution < 1.29 is 11.3 Å². The summed E-state index contributed by atoms with van der Waals surface area (Å²) in [6, 6.07) is 3.69. The summed E-state index contributed by atoms with van der Waals surface area (Å²) in [6.07, 6.45) is 5.72. The lowest BCUT2D eigenvalue weighted by molar-refractivity contribution is 0.442. The highest BCUT2D eigenvalue weighted by atomic mass is 32.2. The van der Waals surface area contributed by atoms with Crippen molar-refractivity contribution in [1.82, 2.24) is 29.2 Å². The zero-order chi connectivity index (χ0) is 19.0. The zero-order valence-electron chi connectivity index (χ0n) is 14.8. The van der Waals surface area contributed by atoms with Crippen LogP contribution in [0.5, 0.6) is 0 Å². The zero-order valence-corrected chi connectivity index (χ0v) is 15.6. The molecular weight excluding hydrogens is 366 g/mol. The van der Waals surface area contributed by atoms with Gasteiger partial charge in [0, 0.05) is 22.1 Å². The normalized spacial score (nSPS) is 15.8. The number of fused-ring (bicyclic) bond motifs is 1. The van der Waals surface area contributed by atoms with Crippen molar-refractivity contribution in [3.8, 4) is 11.5 Å². The van der Waals surface area contributed by atoms with Gasteiger partial charge >= 0.3 is 0 Å². The molecule has 0 amide bonds. The van der Waals surface area contributed by atoms with Crippen LogP contribution in [0.4, 0.5) is 5.82 Å². The van der Waals surface area contributed by atoms with Crippen LogP contribution in [0.3, 0.4) is 0 Å². The molecule has 0 atom stereocenters. The third kappa shape index (κ3) is 3.28. The van der Waals surface area contributed by atoms with Crippen molar-refractivity contribution >= 4 is 32.6 Å². The van der Waals surface area contributed by atoms with Crippen LogP contribution in [0, 0.1) is 0 Å². The Hall–Kier alpha value is -2.85. The first-order chi connectivity index (χ1) is 13.0. The molecule has 0 fully saturated rings. The Balaban J connectivity index is 0.00000150. The molecule has 1 aliphatic heterocycles. The van der Waals surface area contributed by atoms with Crippen LogP contribution in [0.15, 0.2) is 30.6 Å². The molecule has 9 nitrogen and oxygen atoms in total. The molecule has 0 unspecified atom stereocenters. The number of anilines is 1. The third-order valence-corrected chi connectivity index (χ3v) is 6.39. The highest BCUT2D eigenvalue weighted by Crippen LogP contribution is 2.27. The van der Waals surface area contributed by atoms with Gasteiger partial charge in [0.1, 0.15) is 5.69 Å². The molecule has 10 heteroatoms. The van der Waals surface area contributed by atoms with Crippen molar-refractivity contribution in [2.24, 2.45) is 0 Å². The summed E-state index contributed by atoms with van der Waals surface area (Å²) in [5, 5.41) is 0. The minimum absolute atomic E-state index is 0. The standard InChI is InChI=1S/C17H19N7O2S.2H2/c1-2-27(25,26)24-8-5-11(6-9-24)13-10-20-15(18)14(21-13)17-22-12-4-3-7-19-16(12)23-17;;/h3-5,7,10H,2,6,8-9H2,1H3,(H2,18,20)(H,19,22,23);2*1H. The summed E-state index contributed by atoms with van der Waals surface area (Å²) in [5.41, 5.74) is 9.44. The number of imidazole rings is 1. The first-order valence-corrected chi connectivity index (χ1v) is 10.2. The summed E-state index contributed by atoms with van der Waals surface area (Å²) in [5.74, 6) is 0.869. The van der Waals surface area contributed by atoms with E-state index < -0.39 is 10.0 Å². The Labute approximate surface area is 159 Å². The Morgan fingerprint density at radius 2 is 2.19 bits per heavy atom. The number of pyridine rings is 1. The van der Waals surface area contributed by atoms with Crippen molar-refractivity contribution in [2.45, 2.75) is 13.3 Å². The van der Waals surface area contributed by atoms with Gasteiger partial charge in [-0.3, -0.25) is 0 Å². The topological polar surface area (TPSA) is 131 Å². The number of aromatic amines is 1. The van der Waals surface area contributed by atoms with Crippen LogP contribution >= 0.6 is 0 Å². The lowest BCUT2D eigenvalue weighted by Gasteiger charge is -2.25. The second-order valence-electron chi connectivity index (χ2n) is 6.19. The molecule has 3 N–H and O–H groups in total. The van der Waals surface area contributed by atoms with Gasteiger partial charge in [0.25, 0.3) is 0 Å². The van der Waals surface area contributed by atoms with E-state index >= 15 is 0 Å². The number of H-pyrrole nitrogens is 1. The van der Waals surface area contributed by atoms with Crippen molar-refractivity contribution in [3.63, 3.8) is 0 Å². The fourth-order valence-electron chi connectivity index (χ4n) is 3.00. The van der Waals surface area contributed by atoms with Gasteiger partial charge < -0.3 is 10.7 Å². The fraction of sp³-hybridized carbons (Fsp3) is 0.294. The smallest absolute Gasteiger partial charge is 0.214 e. The molecule has 0 saturated heterocycles. The average Bonchev–Trinajstić information content (AvgIpc) is 3.12. The molecule has 0 bridgehead atoms. The molecule has 3 aromatic heterocycles. The summed E-state index contributed by atoms with van der Waals surface area (Å²) >= 11 is 0. The first kappa shape index (κ1) is 17.6. The van der Waals surface area contributed by atoms with Gasteiger partial charge in [0.15, 0.2) is 17.3 Å². The molecule has 0 aliphatic carbocycles. The molecule has 4 rings (SSSR count). The van der Waals surface area contributed by atoms with E-state index in [9.17, 15) is 8.42 Å². The molecule has 0 saturated carbocycles. The van der Waals surface area contributed by atoms with Crippen LogP contribution < -0.4 is 5.73 Å². The predicted octanol–water partition coefficient (Wildman–Crippen LogP) is 1.93. The number of hydrogen-bond donors (Lipinski definition) is 2. The van der Waals surface area contributed by atoms with Crippen LogP contribution in [-0.2, 0) is 10.0 Å². The van der Waals surface area contributed by atoms with Crippen molar-refractivity contribution in [2.75, 3.05) is 24.6 Å². The molecule has 1 aliphatic rings. The SMILES string of the molecule is CCS(=O)(=O)N1CC=C(c2cnc(N)c(-c3nc4ncccc4[nH]3)n2)CC1.[HH].[HH]. The van der Waals surface area contributed by atoms with E-state index in [2.05, 4.69) is 24.9 Å². The van der Waals surface area contributed by atoms with Crippen LogP contribution in [0.25, 0.3) is 28.3 Å².